The molecule has 1 saturated heterocycles. The van der Waals surface area contributed by atoms with E-state index in [0.717, 1.165) is 70.6 Å². The Labute approximate surface area is 486 Å². The molecule has 1 heterocycles. The van der Waals surface area contributed by atoms with E-state index in [1.54, 1.807) is 6.08 Å². The molecule has 7 unspecified atom stereocenters. The van der Waals surface area contributed by atoms with E-state index in [0.29, 0.717) is 6.42 Å². The summed E-state index contributed by atoms with van der Waals surface area (Å²) in [4.78, 5) is 13.1. The Kier molecular flexibility index (Phi) is 55.1. The normalized spacial score (nSPS) is 19.1. The summed E-state index contributed by atoms with van der Waals surface area (Å²) in [5, 5.41) is 54.7. The highest BCUT2D eigenvalue weighted by Crippen LogP contribution is 2.23. The third kappa shape index (κ3) is 47.6. The maximum atomic E-state index is 13.1. The average molecular weight is 1110 g/mol. The van der Waals surface area contributed by atoms with Gasteiger partial charge in [-0.1, -0.05) is 298 Å². The highest BCUT2D eigenvalue weighted by atomic mass is 16.7. The molecule has 1 aliphatic heterocycles. The zero-order valence-corrected chi connectivity index (χ0v) is 51.1. The van der Waals surface area contributed by atoms with Gasteiger partial charge in [0.05, 0.1) is 25.4 Å². The van der Waals surface area contributed by atoms with Crippen LogP contribution in [-0.4, -0.2) is 87.5 Å². The molecule has 0 aromatic carbocycles. The maximum Gasteiger partial charge on any atom is 0.220 e. The highest BCUT2D eigenvalue weighted by molar-refractivity contribution is 5.76. The van der Waals surface area contributed by atoms with Gasteiger partial charge in [-0.05, 0) is 77.0 Å². The van der Waals surface area contributed by atoms with Gasteiger partial charge in [0.15, 0.2) is 6.29 Å². The van der Waals surface area contributed by atoms with Gasteiger partial charge in [-0.3, -0.25) is 4.79 Å². The molecule has 7 atom stereocenters. The fourth-order valence-electron chi connectivity index (χ4n) is 10.3. The van der Waals surface area contributed by atoms with Crippen LogP contribution in [0.2, 0.25) is 0 Å². The molecule has 9 nitrogen and oxygen atoms in total. The summed E-state index contributed by atoms with van der Waals surface area (Å²) in [5.41, 5.74) is 0. The second kappa shape index (κ2) is 58.6. The molecule has 6 N–H and O–H groups in total. The van der Waals surface area contributed by atoms with E-state index >= 15 is 0 Å². The molecule has 0 radical (unpaired) electrons. The number of aliphatic hydroxyl groups is 5. The topological polar surface area (TPSA) is 149 Å². The molecule has 0 aliphatic carbocycles. The van der Waals surface area contributed by atoms with Crippen LogP contribution in [-0.2, 0) is 14.3 Å². The molecule has 0 saturated carbocycles. The predicted molar refractivity (Wildman–Crippen MR) is 336 cm³/mol. The zero-order chi connectivity index (χ0) is 57.2. The van der Waals surface area contributed by atoms with E-state index < -0.39 is 49.5 Å². The number of nitrogens with one attached hydrogen (secondary N) is 1. The minimum atomic E-state index is -1.58. The number of carbonyl (C=O) groups is 1. The average Bonchev–Trinajstić information content (AvgIpc) is 3.47. The lowest BCUT2D eigenvalue weighted by atomic mass is 9.99. The first-order chi connectivity index (χ1) is 38.8. The van der Waals surface area contributed by atoms with Gasteiger partial charge in [-0.25, -0.2) is 0 Å². The van der Waals surface area contributed by atoms with Gasteiger partial charge in [0, 0.05) is 6.42 Å². The van der Waals surface area contributed by atoms with E-state index in [2.05, 4.69) is 92.1 Å². The molecule has 0 aromatic rings. The number of hydrogen-bond acceptors (Lipinski definition) is 8. The largest absolute Gasteiger partial charge is 0.394 e. The summed E-state index contributed by atoms with van der Waals surface area (Å²) in [6, 6.07) is -0.826. The number of unbranched alkanes of at least 4 members (excludes halogenated alkanes) is 35. The molecule has 1 fully saturated rings. The van der Waals surface area contributed by atoms with Crippen molar-refractivity contribution >= 4 is 5.91 Å². The van der Waals surface area contributed by atoms with Gasteiger partial charge >= 0.3 is 0 Å². The van der Waals surface area contributed by atoms with Crippen LogP contribution in [0.25, 0.3) is 0 Å². The summed E-state index contributed by atoms with van der Waals surface area (Å²) < 4.78 is 11.3. The van der Waals surface area contributed by atoms with Crippen LogP contribution in [0.5, 0.6) is 0 Å². The smallest absolute Gasteiger partial charge is 0.220 e. The molecular weight excluding hydrogens is 983 g/mol. The van der Waals surface area contributed by atoms with E-state index in [1.165, 1.54) is 205 Å². The number of aliphatic hydroxyl groups excluding tert-OH is 5. The van der Waals surface area contributed by atoms with Crippen LogP contribution in [0.4, 0.5) is 0 Å². The van der Waals surface area contributed by atoms with Crippen molar-refractivity contribution in [2.75, 3.05) is 13.2 Å². The van der Waals surface area contributed by atoms with Crippen molar-refractivity contribution in [3.8, 4) is 0 Å². The van der Waals surface area contributed by atoms with Gasteiger partial charge in [-0.15, -0.1) is 0 Å². The lowest BCUT2D eigenvalue weighted by Gasteiger charge is -2.40. The van der Waals surface area contributed by atoms with Crippen molar-refractivity contribution in [1.29, 1.82) is 0 Å². The minimum Gasteiger partial charge on any atom is -0.394 e. The molecule has 79 heavy (non-hydrogen) atoms. The summed E-state index contributed by atoms with van der Waals surface area (Å²) in [6.45, 7) is 3.68. The first-order valence-electron chi connectivity index (χ1n) is 33.3. The molecule has 458 valence electrons. The molecular formula is C70H125NO8. The Bertz CT molecular complexity index is 1520. The van der Waals surface area contributed by atoms with Crippen molar-refractivity contribution < 1.29 is 39.8 Å². The number of amides is 1. The Morgan fingerprint density at radius 1 is 0.443 bits per heavy atom. The van der Waals surface area contributed by atoms with Crippen molar-refractivity contribution in [2.45, 2.75) is 339 Å². The lowest BCUT2D eigenvalue weighted by Crippen LogP contribution is -2.60. The van der Waals surface area contributed by atoms with Gasteiger partial charge in [0.2, 0.25) is 5.91 Å². The summed E-state index contributed by atoms with van der Waals surface area (Å²) in [7, 11) is 0. The first-order valence-corrected chi connectivity index (χ1v) is 33.3. The molecule has 0 bridgehead atoms. The van der Waals surface area contributed by atoms with Crippen molar-refractivity contribution in [1.82, 2.24) is 5.32 Å². The van der Waals surface area contributed by atoms with E-state index in [-0.39, 0.29) is 12.5 Å². The third-order valence-electron chi connectivity index (χ3n) is 15.5. The van der Waals surface area contributed by atoms with Crippen molar-refractivity contribution in [3.05, 3.63) is 85.1 Å². The molecule has 9 heteroatoms. The second-order valence-corrected chi connectivity index (χ2v) is 22.9. The van der Waals surface area contributed by atoms with E-state index in [4.69, 9.17) is 9.47 Å². The number of carbonyl (C=O) groups excluding carboxylic acids is 1. The first kappa shape index (κ1) is 74.4. The molecule has 0 spiro atoms. The molecule has 1 amide bonds. The summed E-state index contributed by atoms with van der Waals surface area (Å²) >= 11 is 0. The Morgan fingerprint density at radius 3 is 1.22 bits per heavy atom. The van der Waals surface area contributed by atoms with Gasteiger partial charge in [0.25, 0.3) is 0 Å². The lowest BCUT2D eigenvalue weighted by molar-refractivity contribution is -0.302. The molecule has 1 rings (SSSR count). The van der Waals surface area contributed by atoms with Crippen LogP contribution in [0.3, 0.4) is 0 Å². The van der Waals surface area contributed by atoms with Crippen molar-refractivity contribution in [3.63, 3.8) is 0 Å². The maximum absolute atomic E-state index is 13.1. The predicted octanol–water partition coefficient (Wildman–Crippen LogP) is 17.7. The number of allylic oxidation sites excluding steroid dienone is 13. The second-order valence-electron chi connectivity index (χ2n) is 22.9. The molecule has 0 aromatic heterocycles. The van der Waals surface area contributed by atoms with Crippen LogP contribution in [0, 0.1) is 0 Å². The van der Waals surface area contributed by atoms with Gasteiger partial charge in [-0.2, -0.15) is 0 Å². The zero-order valence-electron chi connectivity index (χ0n) is 51.1. The van der Waals surface area contributed by atoms with Crippen molar-refractivity contribution in [2.24, 2.45) is 0 Å². The number of rotatable bonds is 57. The molecule has 1 aliphatic rings. The monoisotopic (exact) mass is 1110 g/mol. The highest BCUT2D eigenvalue weighted by Gasteiger charge is 2.44. The number of hydrogen-bond donors (Lipinski definition) is 6. The van der Waals surface area contributed by atoms with Crippen LogP contribution in [0.1, 0.15) is 296 Å². The number of ether oxygens (including phenoxy) is 2. The van der Waals surface area contributed by atoms with Gasteiger partial charge in [0.1, 0.15) is 24.4 Å². The summed E-state index contributed by atoms with van der Waals surface area (Å²) in [5.74, 6) is -0.185. The Hall–Kier alpha value is -2.63. The third-order valence-corrected chi connectivity index (χ3v) is 15.5. The van der Waals surface area contributed by atoms with Crippen LogP contribution in [0.15, 0.2) is 85.1 Å². The minimum absolute atomic E-state index is 0.185. The van der Waals surface area contributed by atoms with E-state index in [1.807, 2.05) is 6.08 Å². The van der Waals surface area contributed by atoms with Crippen LogP contribution >= 0.6 is 0 Å². The SMILES string of the molecule is CC/C=C\C/C=C\C/C=C\C/C=C\C/C=C\CCCCCCCCCCCCCCCCCCCC(=O)NC(COC1OC(CO)C(O)C(O)C1O)C(O)/C=C/CC/C=C/CCCCCCCCCCCCCCCCCCC. The van der Waals surface area contributed by atoms with Gasteiger partial charge < -0.3 is 40.3 Å². The fourth-order valence-corrected chi connectivity index (χ4v) is 10.3. The quantitative estimate of drug-likeness (QED) is 0.0261. The standard InChI is InChI=1S/C70H125NO8/c1-3-5-7-9-11-13-15-17-19-21-23-25-27-28-29-30-31-32-33-34-35-36-38-40-42-44-46-48-50-52-54-56-58-60-66(74)71-63(62-78-70-69(77)68(76)67(75)65(61-72)79-70)64(73)59-57-55-53-51-49-47-45-43-41-39-37-26-24-22-20-18-16-14-12-10-8-6-4-2/h5,7,11,13,17,19,23,25,28-29,49,51,57,59,63-65,67-70,72-73,75-77H,3-4,6,8-10,12,14-16,18,20-22,24,26-27,30-48,50,52-56,58,60-62H2,1-2H3,(H,71,74)/b7-5-,13-11-,19-17-,25-23-,29-28-,51-49+,59-57+. The Balaban J connectivity index is 2.16. The summed E-state index contributed by atoms with van der Waals surface area (Å²) in [6.07, 6.45) is 76.8. The van der Waals surface area contributed by atoms with E-state index in [9.17, 15) is 30.3 Å². The van der Waals surface area contributed by atoms with Crippen LogP contribution < -0.4 is 5.32 Å². The Morgan fingerprint density at radius 2 is 0.797 bits per heavy atom. The fraction of sp³-hybridized carbons (Fsp3) is 0.786.